The Labute approximate surface area is 61.2 Å². The molecule has 3 atom stereocenters. The summed E-state index contributed by atoms with van der Waals surface area (Å²) in [6.45, 7) is 2.35. The average molecular weight is 142 g/mol. The van der Waals surface area contributed by atoms with Crippen LogP contribution < -0.4 is 0 Å². The molecule has 0 spiro atoms. The van der Waals surface area contributed by atoms with Gasteiger partial charge in [0.1, 0.15) is 6.29 Å². The number of carbonyl (C=O) groups excluding carboxylic acids is 1. The van der Waals surface area contributed by atoms with E-state index >= 15 is 0 Å². The lowest BCUT2D eigenvalue weighted by Crippen LogP contribution is -2.02. The predicted molar refractivity (Wildman–Crippen MR) is 38.5 cm³/mol. The van der Waals surface area contributed by atoms with Crippen molar-refractivity contribution >= 4 is 6.29 Å². The number of carbonyl (C=O) groups is 1. The van der Waals surface area contributed by atoms with Gasteiger partial charge in [0.2, 0.25) is 0 Å². The highest BCUT2D eigenvalue weighted by molar-refractivity contribution is 5.58. The normalized spacial score (nSPS) is 33.4. The third-order valence-electron chi connectivity index (χ3n) is 2.38. The third kappa shape index (κ3) is 1.57. The molecule has 2 nitrogen and oxygen atoms in total. The summed E-state index contributed by atoms with van der Waals surface area (Å²) in [5.41, 5.74) is 0. The molecule has 0 bridgehead atoms. The van der Waals surface area contributed by atoms with E-state index in [1.54, 1.807) is 0 Å². The maximum absolute atomic E-state index is 10.2. The average Bonchev–Trinajstić information content (AvgIpc) is 2.66. The molecule has 0 heterocycles. The monoisotopic (exact) mass is 142 g/mol. The van der Waals surface area contributed by atoms with E-state index in [0.717, 1.165) is 19.1 Å². The van der Waals surface area contributed by atoms with Crippen LogP contribution in [0.2, 0.25) is 0 Å². The van der Waals surface area contributed by atoms with E-state index in [4.69, 9.17) is 5.11 Å². The van der Waals surface area contributed by atoms with Gasteiger partial charge in [0, 0.05) is 12.5 Å². The molecule has 2 heteroatoms. The third-order valence-corrected chi connectivity index (χ3v) is 2.38. The van der Waals surface area contributed by atoms with Crippen LogP contribution in [0.3, 0.4) is 0 Å². The van der Waals surface area contributed by atoms with E-state index in [1.807, 2.05) is 0 Å². The number of hydrogen-bond acceptors (Lipinski definition) is 2. The summed E-state index contributed by atoms with van der Waals surface area (Å²) < 4.78 is 0. The van der Waals surface area contributed by atoms with Crippen LogP contribution in [0.15, 0.2) is 0 Å². The van der Waals surface area contributed by atoms with E-state index in [0.29, 0.717) is 17.8 Å². The molecule has 1 fully saturated rings. The number of aliphatic hydroxyl groups is 1. The Bertz CT molecular complexity index is 122. The molecule has 0 aromatic carbocycles. The summed E-state index contributed by atoms with van der Waals surface area (Å²) in [6, 6.07) is 0. The summed E-state index contributed by atoms with van der Waals surface area (Å²) in [5.74, 6) is 1.41. The van der Waals surface area contributed by atoms with E-state index < -0.39 is 0 Å². The Morgan fingerprint density at radius 2 is 2.50 bits per heavy atom. The highest BCUT2D eigenvalue weighted by Gasteiger charge is 2.40. The van der Waals surface area contributed by atoms with Crippen molar-refractivity contribution in [1.29, 1.82) is 0 Å². The lowest BCUT2D eigenvalue weighted by atomic mass is 10.0. The zero-order valence-electron chi connectivity index (χ0n) is 6.29. The first kappa shape index (κ1) is 7.73. The molecular formula is C8H14O2. The molecule has 58 valence electrons. The molecule has 1 N–H and O–H groups in total. The van der Waals surface area contributed by atoms with E-state index in [9.17, 15) is 4.79 Å². The first-order chi connectivity index (χ1) is 4.79. The van der Waals surface area contributed by atoms with E-state index in [1.165, 1.54) is 0 Å². The van der Waals surface area contributed by atoms with Crippen LogP contribution in [-0.2, 0) is 4.79 Å². The van der Waals surface area contributed by atoms with Crippen LogP contribution in [0.5, 0.6) is 0 Å². The lowest BCUT2D eigenvalue weighted by Gasteiger charge is -2.05. The highest BCUT2D eigenvalue weighted by atomic mass is 16.3. The summed E-state index contributed by atoms with van der Waals surface area (Å²) in [5, 5.41) is 8.58. The fraction of sp³-hybridized carbons (Fsp3) is 0.875. The van der Waals surface area contributed by atoms with Gasteiger partial charge in [-0.2, -0.15) is 0 Å². The minimum Gasteiger partial charge on any atom is -0.396 e. The number of hydrogen-bond donors (Lipinski definition) is 1. The number of aldehydes is 1. The van der Waals surface area contributed by atoms with Gasteiger partial charge in [0.25, 0.3) is 0 Å². The van der Waals surface area contributed by atoms with Crippen molar-refractivity contribution in [3.63, 3.8) is 0 Å². The molecule has 1 aliphatic rings. The van der Waals surface area contributed by atoms with Gasteiger partial charge in [0.05, 0.1) is 0 Å². The molecule has 0 aromatic heterocycles. The summed E-state index contributed by atoms with van der Waals surface area (Å²) in [4.78, 5) is 10.2. The largest absolute Gasteiger partial charge is 0.396 e. The molecule has 3 unspecified atom stereocenters. The zero-order chi connectivity index (χ0) is 7.56. The van der Waals surface area contributed by atoms with Gasteiger partial charge in [0.15, 0.2) is 0 Å². The predicted octanol–water partition coefficient (Wildman–Crippen LogP) is 0.840. The van der Waals surface area contributed by atoms with Crippen molar-refractivity contribution in [2.24, 2.45) is 17.8 Å². The molecular weight excluding hydrogens is 128 g/mol. The van der Waals surface area contributed by atoms with Crippen molar-refractivity contribution in [2.45, 2.75) is 19.8 Å². The molecule has 0 saturated heterocycles. The maximum atomic E-state index is 10.2. The molecule has 0 amide bonds. The molecule has 0 radical (unpaired) electrons. The van der Waals surface area contributed by atoms with Crippen LogP contribution in [0.25, 0.3) is 0 Å². The Morgan fingerprint density at radius 1 is 1.80 bits per heavy atom. The minimum absolute atomic E-state index is 0.253. The molecule has 1 saturated carbocycles. The molecule has 0 aliphatic heterocycles. The molecule has 0 aromatic rings. The van der Waals surface area contributed by atoms with Crippen LogP contribution in [-0.4, -0.2) is 18.0 Å². The van der Waals surface area contributed by atoms with Gasteiger partial charge < -0.3 is 9.90 Å². The fourth-order valence-electron chi connectivity index (χ4n) is 1.46. The Hall–Kier alpha value is -0.370. The van der Waals surface area contributed by atoms with E-state index in [2.05, 4.69) is 6.92 Å². The SMILES string of the molecule is CC(CCO)C1CC1C=O. The first-order valence-corrected chi connectivity index (χ1v) is 3.85. The van der Waals surface area contributed by atoms with Crippen LogP contribution in [0, 0.1) is 17.8 Å². The van der Waals surface area contributed by atoms with Gasteiger partial charge >= 0.3 is 0 Å². The Balaban J connectivity index is 2.18. The van der Waals surface area contributed by atoms with Crippen LogP contribution >= 0.6 is 0 Å². The quantitative estimate of drug-likeness (QED) is 0.590. The van der Waals surface area contributed by atoms with Crippen molar-refractivity contribution in [3.05, 3.63) is 0 Å². The molecule has 1 rings (SSSR count). The van der Waals surface area contributed by atoms with Crippen molar-refractivity contribution < 1.29 is 9.90 Å². The summed E-state index contributed by atoms with van der Waals surface area (Å²) in [7, 11) is 0. The number of aliphatic hydroxyl groups excluding tert-OH is 1. The summed E-state index contributed by atoms with van der Waals surface area (Å²) in [6.07, 6.45) is 2.93. The Morgan fingerprint density at radius 3 is 2.90 bits per heavy atom. The van der Waals surface area contributed by atoms with Gasteiger partial charge in [-0.05, 0) is 24.7 Å². The molecule has 10 heavy (non-hydrogen) atoms. The maximum Gasteiger partial charge on any atom is 0.123 e. The van der Waals surface area contributed by atoms with Gasteiger partial charge in [-0.3, -0.25) is 0 Å². The van der Waals surface area contributed by atoms with Crippen molar-refractivity contribution in [3.8, 4) is 0 Å². The highest BCUT2D eigenvalue weighted by Crippen LogP contribution is 2.43. The second-order valence-corrected chi connectivity index (χ2v) is 3.19. The number of rotatable bonds is 4. The van der Waals surface area contributed by atoms with Crippen LogP contribution in [0.4, 0.5) is 0 Å². The van der Waals surface area contributed by atoms with Crippen molar-refractivity contribution in [1.82, 2.24) is 0 Å². The first-order valence-electron chi connectivity index (χ1n) is 3.85. The standard InChI is InChI=1S/C8H14O2/c1-6(2-3-9)8-4-7(8)5-10/h5-9H,2-4H2,1H3. The van der Waals surface area contributed by atoms with Crippen LogP contribution in [0.1, 0.15) is 19.8 Å². The zero-order valence-corrected chi connectivity index (χ0v) is 6.29. The summed E-state index contributed by atoms with van der Waals surface area (Å²) >= 11 is 0. The second kappa shape index (κ2) is 3.15. The smallest absolute Gasteiger partial charge is 0.123 e. The second-order valence-electron chi connectivity index (χ2n) is 3.19. The van der Waals surface area contributed by atoms with Gasteiger partial charge in [-0.25, -0.2) is 0 Å². The minimum atomic E-state index is 0.253. The van der Waals surface area contributed by atoms with Gasteiger partial charge in [-0.1, -0.05) is 6.92 Å². The Kier molecular flexibility index (Phi) is 2.44. The van der Waals surface area contributed by atoms with E-state index in [-0.39, 0.29) is 6.61 Å². The molecule has 1 aliphatic carbocycles. The van der Waals surface area contributed by atoms with Gasteiger partial charge in [-0.15, -0.1) is 0 Å². The lowest BCUT2D eigenvalue weighted by molar-refractivity contribution is -0.109. The van der Waals surface area contributed by atoms with Crippen molar-refractivity contribution in [2.75, 3.05) is 6.61 Å². The topological polar surface area (TPSA) is 37.3 Å². The fourth-order valence-corrected chi connectivity index (χ4v) is 1.46.